The molecule has 1 saturated heterocycles. The average molecular weight is 786 g/mol. The summed E-state index contributed by atoms with van der Waals surface area (Å²) < 4.78 is 5.96. The van der Waals surface area contributed by atoms with Gasteiger partial charge in [-0.3, -0.25) is 24.5 Å². The van der Waals surface area contributed by atoms with Crippen molar-refractivity contribution in [2.75, 3.05) is 34.4 Å². The first-order valence-electron chi connectivity index (χ1n) is 20.1. The van der Waals surface area contributed by atoms with Gasteiger partial charge in [0.15, 0.2) is 0 Å². The molecule has 0 aromatic heterocycles. The van der Waals surface area contributed by atoms with Crippen LogP contribution < -0.4 is 15.4 Å². The number of non-ortho nitro benzene ring substituents is 1. The molecule has 0 spiro atoms. The van der Waals surface area contributed by atoms with Gasteiger partial charge in [0.25, 0.3) is 11.6 Å². The fourth-order valence-electron chi connectivity index (χ4n) is 9.74. The largest absolute Gasteiger partial charge is 0.496 e. The lowest BCUT2D eigenvalue weighted by Crippen LogP contribution is -2.62. The first kappa shape index (κ1) is 42.2. The number of nitrogens with one attached hydrogen (secondary N) is 2. The Morgan fingerprint density at radius 3 is 2.46 bits per heavy atom. The van der Waals surface area contributed by atoms with Crippen LogP contribution in [0, 0.1) is 39.2 Å². The smallest absolute Gasteiger partial charge is 0.270 e. The number of aryl methyl sites for hydroxylation is 1. The molecule has 1 heterocycles. The number of amides is 2. The Morgan fingerprint density at radius 2 is 1.84 bits per heavy atom. The van der Waals surface area contributed by atoms with E-state index in [0.717, 1.165) is 18.4 Å². The molecule has 3 aromatic rings. The number of para-hydroxylation sites is 1. The molecule has 4 aliphatic rings. The molecule has 2 amide bonds. The van der Waals surface area contributed by atoms with E-state index in [1.54, 1.807) is 25.1 Å². The maximum atomic E-state index is 14.3. The van der Waals surface area contributed by atoms with E-state index in [1.165, 1.54) is 30.7 Å². The van der Waals surface area contributed by atoms with Crippen LogP contribution in [0.25, 0.3) is 11.1 Å². The molecule has 0 radical (unpaired) electrons. The van der Waals surface area contributed by atoms with Crippen LogP contribution >= 0.6 is 0 Å². The van der Waals surface area contributed by atoms with Crippen molar-refractivity contribution in [2.24, 2.45) is 29.1 Å². The van der Waals surface area contributed by atoms with Crippen LogP contribution in [0.1, 0.15) is 68.4 Å². The molecular weight excluding hydrogens is 727 g/mol. The first-order chi connectivity index (χ1) is 27.1. The van der Waals surface area contributed by atoms with E-state index in [-0.39, 0.29) is 47.1 Å². The number of nitro groups is 1. The van der Waals surface area contributed by atoms with E-state index in [0.29, 0.717) is 47.2 Å². The number of hydrogen-bond donors (Lipinski definition) is 4. The summed E-state index contributed by atoms with van der Waals surface area (Å²) in [6.45, 7) is 8.65. The number of hydroxylamine groups is 2. The van der Waals surface area contributed by atoms with Crippen LogP contribution in [0.15, 0.2) is 66.7 Å². The summed E-state index contributed by atoms with van der Waals surface area (Å²) in [7, 11) is 5.36. The van der Waals surface area contributed by atoms with Crippen LogP contribution in [0.5, 0.6) is 5.75 Å². The van der Waals surface area contributed by atoms with E-state index in [9.17, 15) is 29.9 Å². The minimum Gasteiger partial charge on any atom is -0.496 e. The highest BCUT2D eigenvalue weighted by atomic mass is 16.7. The minimum absolute atomic E-state index is 0.0147. The molecule has 57 heavy (non-hydrogen) atoms. The summed E-state index contributed by atoms with van der Waals surface area (Å²) in [6.07, 6.45) is 1.69. The summed E-state index contributed by atoms with van der Waals surface area (Å²) in [5.41, 5.74) is 2.80. The van der Waals surface area contributed by atoms with Gasteiger partial charge >= 0.3 is 0 Å². The lowest BCUT2D eigenvalue weighted by molar-refractivity contribution is -0.384. The summed E-state index contributed by atoms with van der Waals surface area (Å²) in [5, 5.41) is 41.4. The van der Waals surface area contributed by atoms with Gasteiger partial charge in [-0.05, 0) is 87.1 Å². The fourth-order valence-corrected chi connectivity index (χ4v) is 9.74. The SMILES string of the molecule is COc1c(CN2O[C@@H](CO)[C@@H]([C@H](C)O)[C@H]2C(=O)N[C@H]2C[C@H]3C[C@H]([C@@H]2C)C3(C)C)cccc1-c1cc(C(=O)N[C@@H](CCc2ccccc2)CN(C)C)cc([N+](=O)[O-])c1. The van der Waals surface area contributed by atoms with Gasteiger partial charge in [0.05, 0.1) is 31.3 Å². The summed E-state index contributed by atoms with van der Waals surface area (Å²) in [6, 6.07) is 18.5. The molecule has 13 nitrogen and oxygen atoms in total. The molecule has 9 atom stereocenters. The Labute approximate surface area is 335 Å². The van der Waals surface area contributed by atoms with Crippen LogP contribution in [0.4, 0.5) is 5.69 Å². The monoisotopic (exact) mass is 785 g/mol. The van der Waals surface area contributed by atoms with Gasteiger partial charge < -0.3 is 30.5 Å². The highest BCUT2D eigenvalue weighted by Crippen LogP contribution is 2.61. The van der Waals surface area contributed by atoms with Crippen molar-refractivity contribution in [1.29, 1.82) is 0 Å². The van der Waals surface area contributed by atoms with Crippen molar-refractivity contribution in [1.82, 2.24) is 20.6 Å². The molecule has 0 unspecified atom stereocenters. The molecule has 1 aliphatic heterocycles. The Balaban J connectivity index is 1.27. The minimum atomic E-state index is -0.961. The highest BCUT2D eigenvalue weighted by Gasteiger charge is 2.57. The van der Waals surface area contributed by atoms with Gasteiger partial charge in [0, 0.05) is 53.4 Å². The maximum Gasteiger partial charge on any atom is 0.270 e. The van der Waals surface area contributed by atoms with E-state index in [2.05, 4.69) is 31.4 Å². The molecule has 4 fully saturated rings. The van der Waals surface area contributed by atoms with Crippen LogP contribution in [0.3, 0.4) is 0 Å². The lowest BCUT2D eigenvalue weighted by Gasteiger charge is -2.62. The lowest BCUT2D eigenvalue weighted by atomic mass is 9.45. The Hall–Kier alpha value is -4.40. The molecule has 4 N–H and O–H groups in total. The van der Waals surface area contributed by atoms with E-state index in [4.69, 9.17) is 9.57 Å². The Morgan fingerprint density at radius 1 is 1.11 bits per heavy atom. The van der Waals surface area contributed by atoms with Crippen molar-refractivity contribution in [2.45, 2.75) is 90.3 Å². The predicted octanol–water partition coefficient (Wildman–Crippen LogP) is 5.22. The first-order valence-corrected chi connectivity index (χ1v) is 20.1. The van der Waals surface area contributed by atoms with Gasteiger partial charge in [-0.2, -0.15) is 5.06 Å². The second-order valence-corrected chi connectivity index (χ2v) is 17.2. The molecule has 308 valence electrons. The summed E-state index contributed by atoms with van der Waals surface area (Å²) in [4.78, 5) is 48.0. The van der Waals surface area contributed by atoms with E-state index < -0.39 is 41.6 Å². The Bertz CT molecular complexity index is 1900. The number of hydrogen-bond acceptors (Lipinski definition) is 10. The van der Waals surface area contributed by atoms with Crippen LogP contribution in [-0.2, 0) is 22.6 Å². The average Bonchev–Trinajstić information content (AvgIpc) is 3.56. The van der Waals surface area contributed by atoms with Crippen molar-refractivity contribution in [3.8, 4) is 16.9 Å². The second-order valence-electron chi connectivity index (χ2n) is 17.2. The number of nitro benzene ring substituents is 1. The third-order valence-corrected chi connectivity index (χ3v) is 12.9. The number of carbonyl (C=O) groups excluding carboxylic acids is 2. The summed E-state index contributed by atoms with van der Waals surface area (Å²) >= 11 is 0. The zero-order valence-corrected chi connectivity index (χ0v) is 34.2. The van der Waals surface area contributed by atoms with E-state index >= 15 is 0 Å². The normalized spacial score (nSPS) is 26.3. The number of ether oxygens (including phenoxy) is 1. The zero-order valence-electron chi connectivity index (χ0n) is 34.2. The highest BCUT2D eigenvalue weighted by molar-refractivity contribution is 5.97. The number of methoxy groups -OCH3 is 1. The topological polar surface area (TPSA) is 167 Å². The molecule has 13 heteroatoms. The van der Waals surface area contributed by atoms with Crippen molar-refractivity contribution in [3.05, 3.63) is 93.5 Å². The maximum absolute atomic E-state index is 14.3. The number of carbonyl (C=O) groups is 2. The molecule has 3 saturated carbocycles. The van der Waals surface area contributed by atoms with Gasteiger partial charge in [-0.1, -0.05) is 69.3 Å². The standard InChI is InChI=1S/C44H59N5O8/c1-26-36-21-32(44(36,3)4)22-37(26)46-43(53)40-39(27(2)51)38(25-50)57-48(40)23-29-14-11-15-35(41(29)56-7)30-18-31(20-34(19-30)49(54)55)42(52)45-33(24-47(5)6)17-16-28-12-9-8-10-13-28/h8-15,18-20,26-27,32-33,36-40,50-51H,16-17,21-25H2,1-7H3,(H,45,52)(H,46,53)/t26-,27-,32+,33-,36+,37-,38-,39+,40-/m0/s1. The predicted molar refractivity (Wildman–Crippen MR) is 217 cm³/mol. The fraction of sp³-hybridized carbons (Fsp3) is 0.545. The van der Waals surface area contributed by atoms with E-state index in [1.807, 2.05) is 55.4 Å². The van der Waals surface area contributed by atoms with Crippen molar-refractivity contribution >= 4 is 17.5 Å². The quantitative estimate of drug-likeness (QED) is 0.112. The number of aliphatic hydroxyl groups is 2. The van der Waals surface area contributed by atoms with Gasteiger partial charge in [0.2, 0.25) is 5.91 Å². The van der Waals surface area contributed by atoms with Crippen LogP contribution in [0.2, 0.25) is 0 Å². The van der Waals surface area contributed by atoms with Crippen molar-refractivity contribution in [3.63, 3.8) is 0 Å². The second kappa shape index (κ2) is 17.6. The number of rotatable bonds is 16. The third kappa shape index (κ3) is 9.02. The molecule has 3 aliphatic carbocycles. The van der Waals surface area contributed by atoms with Crippen LogP contribution in [-0.4, -0.2) is 102 Å². The third-order valence-electron chi connectivity index (χ3n) is 12.9. The number of likely N-dealkylation sites (N-methyl/N-ethyl adjacent to an activating group) is 1. The molecular formula is C44H59N5O8. The van der Waals surface area contributed by atoms with Gasteiger partial charge in [0.1, 0.15) is 17.9 Å². The number of fused-ring (bicyclic) bond motifs is 2. The number of benzene rings is 3. The summed E-state index contributed by atoms with van der Waals surface area (Å²) in [5.74, 6) is 0.303. The van der Waals surface area contributed by atoms with Crippen molar-refractivity contribution < 1.29 is 34.3 Å². The number of nitrogens with zero attached hydrogens (tertiary/aromatic N) is 3. The zero-order chi connectivity index (χ0) is 41.2. The molecule has 2 bridgehead atoms. The molecule has 3 aromatic carbocycles. The Kier molecular flexibility index (Phi) is 13.0. The molecule has 7 rings (SSSR count). The van der Waals surface area contributed by atoms with Gasteiger partial charge in [-0.15, -0.1) is 0 Å². The van der Waals surface area contributed by atoms with Gasteiger partial charge in [-0.25, -0.2) is 0 Å². The number of aliphatic hydroxyl groups excluding tert-OH is 2.